The molecule has 0 radical (unpaired) electrons. The first-order chi connectivity index (χ1) is 8.07. The average molecular weight is 248 g/mol. The highest BCUT2D eigenvalue weighted by Crippen LogP contribution is 2.37. The van der Waals surface area contributed by atoms with Gasteiger partial charge in [0.2, 0.25) is 0 Å². The molecule has 0 bridgehead atoms. The Hall–Kier alpha value is -0.980. The lowest BCUT2D eigenvalue weighted by molar-refractivity contribution is 0.328. The molecule has 0 heterocycles. The van der Waals surface area contributed by atoms with Crippen molar-refractivity contribution in [2.45, 2.75) is 66.2 Å². The Morgan fingerprint density at radius 1 is 0.889 bits per heavy atom. The van der Waals surface area contributed by atoms with Crippen LogP contribution in [0.5, 0.6) is 5.75 Å². The van der Waals surface area contributed by atoms with Crippen LogP contribution in [-0.2, 0) is 10.8 Å². The molecule has 0 unspecified atom stereocenters. The third kappa shape index (κ3) is 3.28. The van der Waals surface area contributed by atoms with Gasteiger partial charge in [-0.25, -0.2) is 0 Å². The predicted molar refractivity (Wildman–Crippen MR) is 79.7 cm³/mol. The largest absolute Gasteiger partial charge is 0.494 e. The minimum Gasteiger partial charge on any atom is -0.494 e. The molecule has 1 aromatic rings. The highest BCUT2D eigenvalue weighted by atomic mass is 16.5. The van der Waals surface area contributed by atoms with Crippen molar-refractivity contribution in [3.63, 3.8) is 0 Å². The molecular formula is C17H28O. The van der Waals surface area contributed by atoms with Gasteiger partial charge in [0.1, 0.15) is 5.75 Å². The molecule has 0 atom stereocenters. The second kappa shape index (κ2) is 4.95. The lowest BCUT2D eigenvalue weighted by Crippen LogP contribution is -2.18. The second-order valence-electron chi connectivity index (χ2n) is 7.10. The van der Waals surface area contributed by atoms with Gasteiger partial charge < -0.3 is 4.74 Å². The van der Waals surface area contributed by atoms with E-state index < -0.39 is 0 Å². The van der Waals surface area contributed by atoms with Crippen molar-refractivity contribution < 1.29 is 4.74 Å². The quantitative estimate of drug-likeness (QED) is 0.716. The van der Waals surface area contributed by atoms with E-state index in [1.165, 1.54) is 16.7 Å². The monoisotopic (exact) mass is 248 g/mol. The molecule has 102 valence electrons. The molecule has 0 amide bonds. The van der Waals surface area contributed by atoms with Crippen molar-refractivity contribution in [2.24, 2.45) is 0 Å². The lowest BCUT2D eigenvalue weighted by atomic mass is 9.79. The van der Waals surface area contributed by atoms with E-state index in [0.29, 0.717) is 0 Å². The SMILES string of the molecule is CCOc1cc(C(C)(C)C)c(C)cc1C(C)(C)C. The van der Waals surface area contributed by atoms with Gasteiger partial charge in [0.15, 0.2) is 0 Å². The summed E-state index contributed by atoms with van der Waals surface area (Å²) in [4.78, 5) is 0. The van der Waals surface area contributed by atoms with Gasteiger partial charge in [0, 0.05) is 0 Å². The summed E-state index contributed by atoms with van der Waals surface area (Å²) >= 11 is 0. The summed E-state index contributed by atoms with van der Waals surface area (Å²) in [5.41, 5.74) is 4.31. The van der Waals surface area contributed by atoms with E-state index in [4.69, 9.17) is 4.74 Å². The fourth-order valence-electron chi connectivity index (χ4n) is 2.36. The molecule has 1 nitrogen and oxygen atoms in total. The van der Waals surface area contributed by atoms with Crippen molar-refractivity contribution in [2.75, 3.05) is 6.61 Å². The summed E-state index contributed by atoms with van der Waals surface area (Å²) < 4.78 is 5.85. The summed E-state index contributed by atoms with van der Waals surface area (Å²) in [6.07, 6.45) is 0. The molecule has 1 aromatic carbocycles. The first-order valence-electron chi connectivity index (χ1n) is 6.85. The van der Waals surface area contributed by atoms with Crippen LogP contribution in [0.25, 0.3) is 0 Å². The van der Waals surface area contributed by atoms with Crippen LogP contribution in [0.2, 0.25) is 0 Å². The van der Waals surface area contributed by atoms with Crippen molar-refractivity contribution >= 4 is 0 Å². The summed E-state index contributed by atoms with van der Waals surface area (Å²) in [6, 6.07) is 4.53. The van der Waals surface area contributed by atoms with Gasteiger partial charge in [0.05, 0.1) is 6.61 Å². The van der Waals surface area contributed by atoms with E-state index in [-0.39, 0.29) is 10.8 Å². The van der Waals surface area contributed by atoms with E-state index in [1.807, 2.05) is 6.92 Å². The number of benzene rings is 1. The molecule has 0 N–H and O–H groups in total. The first kappa shape index (κ1) is 15.1. The van der Waals surface area contributed by atoms with Gasteiger partial charge in [-0.1, -0.05) is 47.6 Å². The van der Waals surface area contributed by atoms with Gasteiger partial charge in [0.25, 0.3) is 0 Å². The van der Waals surface area contributed by atoms with Crippen LogP contribution < -0.4 is 4.74 Å². The highest BCUT2D eigenvalue weighted by Gasteiger charge is 2.24. The third-order valence-electron chi connectivity index (χ3n) is 3.24. The standard InChI is InChI=1S/C17H28O/c1-9-18-15-11-13(16(3,4)5)12(2)10-14(15)17(6,7)8/h10-11H,9H2,1-8H3. The second-order valence-corrected chi connectivity index (χ2v) is 7.10. The molecule has 0 aliphatic carbocycles. The molecule has 0 aliphatic rings. The fourth-order valence-corrected chi connectivity index (χ4v) is 2.36. The van der Waals surface area contributed by atoms with E-state index >= 15 is 0 Å². The molecule has 0 saturated carbocycles. The topological polar surface area (TPSA) is 9.23 Å². The van der Waals surface area contributed by atoms with Gasteiger partial charge in [-0.3, -0.25) is 0 Å². The van der Waals surface area contributed by atoms with E-state index in [0.717, 1.165) is 12.4 Å². The average Bonchev–Trinajstić information content (AvgIpc) is 2.17. The Morgan fingerprint density at radius 2 is 1.39 bits per heavy atom. The molecule has 0 aromatic heterocycles. The summed E-state index contributed by atoms with van der Waals surface area (Å²) in [5.74, 6) is 1.04. The van der Waals surface area contributed by atoms with Crippen molar-refractivity contribution in [1.82, 2.24) is 0 Å². The Morgan fingerprint density at radius 3 is 1.78 bits per heavy atom. The number of aryl methyl sites for hydroxylation is 1. The lowest BCUT2D eigenvalue weighted by Gasteiger charge is -2.28. The number of ether oxygens (including phenoxy) is 1. The zero-order valence-corrected chi connectivity index (χ0v) is 13.3. The molecular weight excluding hydrogens is 220 g/mol. The van der Waals surface area contributed by atoms with Gasteiger partial charge in [-0.15, -0.1) is 0 Å². The predicted octanol–water partition coefficient (Wildman–Crippen LogP) is 4.99. The Balaban J connectivity index is 3.44. The minimum atomic E-state index is 0.117. The van der Waals surface area contributed by atoms with E-state index in [2.05, 4.69) is 60.6 Å². The van der Waals surface area contributed by atoms with Crippen molar-refractivity contribution in [3.05, 3.63) is 28.8 Å². The molecule has 0 spiro atoms. The fraction of sp³-hybridized carbons (Fsp3) is 0.647. The normalized spacial score (nSPS) is 12.7. The van der Waals surface area contributed by atoms with E-state index in [1.54, 1.807) is 0 Å². The zero-order valence-electron chi connectivity index (χ0n) is 13.3. The van der Waals surface area contributed by atoms with Gasteiger partial charge in [-0.05, 0) is 47.4 Å². The third-order valence-corrected chi connectivity index (χ3v) is 3.24. The zero-order chi connectivity index (χ0) is 14.1. The maximum absolute atomic E-state index is 5.85. The summed E-state index contributed by atoms with van der Waals surface area (Å²) in [5, 5.41) is 0. The highest BCUT2D eigenvalue weighted by molar-refractivity contribution is 5.47. The van der Waals surface area contributed by atoms with Crippen LogP contribution in [0.4, 0.5) is 0 Å². The number of rotatable bonds is 2. The van der Waals surface area contributed by atoms with Gasteiger partial charge >= 0.3 is 0 Å². The number of hydrogen-bond acceptors (Lipinski definition) is 1. The van der Waals surface area contributed by atoms with Crippen LogP contribution in [-0.4, -0.2) is 6.61 Å². The van der Waals surface area contributed by atoms with Crippen molar-refractivity contribution in [1.29, 1.82) is 0 Å². The molecule has 1 heteroatoms. The molecule has 0 saturated heterocycles. The summed E-state index contributed by atoms with van der Waals surface area (Å²) in [7, 11) is 0. The van der Waals surface area contributed by atoms with E-state index in [9.17, 15) is 0 Å². The van der Waals surface area contributed by atoms with Crippen LogP contribution in [0, 0.1) is 6.92 Å². The Labute approximate surface area is 113 Å². The maximum atomic E-state index is 5.85. The molecule has 0 aliphatic heterocycles. The van der Waals surface area contributed by atoms with Gasteiger partial charge in [-0.2, -0.15) is 0 Å². The maximum Gasteiger partial charge on any atom is 0.123 e. The van der Waals surface area contributed by atoms with Crippen molar-refractivity contribution in [3.8, 4) is 5.75 Å². The molecule has 0 fully saturated rings. The molecule has 1 rings (SSSR count). The Bertz CT molecular complexity index is 416. The minimum absolute atomic E-state index is 0.117. The van der Waals surface area contributed by atoms with Crippen LogP contribution in [0.15, 0.2) is 12.1 Å². The Kier molecular flexibility index (Phi) is 4.15. The van der Waals surface area contributed by atoms with Crippen LogP contribution in [0.1, 0.15) is 65.2 Å². The van der Waals surface area contributed by atoms with Crippen LogP contribution in [0.3, 0.4) is 0 Å². The smallest absolute Gasteiger partial charge is 0.123 e. The summed E-state index contributed by atoms with van der Waals surface area (Å²) in [6.45, 7) is 18.4. The first-order valence-corrected chi connectivity index (χ1v) is 6.85. The number of hydrogen-bond donors (Lipinski definition) is 0. The van der Waals surface area contributed by atoms with Crippen LogP contribution >= 0.6 is 0 Å². The molecule has 18 heavy (non-hydrogen) atoms.